The summed E-state index contributed by atoms with van der Waals surface area (Å²) in [5.74, 6) is 0.0483. The fourth-order valence-corrected chi connectivity index (χ4v) is 2.27. The molecule has 0 fully saturated rings. The Balaban J connectivity index is 2.68. The van der Waals surface area contributed by atoms with E-state index in [0.29, 0.717) is 23.5 Å². The summed E-state index contributed by atoms with van der Waals surface area (Å²) in [4.78, 5) is 23.3. The maximum Gasteiger partial charge on any atom is 0.319 e. The van der Waals surface area contributed by atoms with Gasteiger partial charge < -0.3 is 20.7 Å². The second-order valence-corrected chi connectivity index (χ2v) is 6.77. The standard InChI is InChI=1S/C14H22N4O5S/c1-4-13(19)18-11-9-10(5-6-12(11)23-3)17-14(20)16-7-8-24(21,22)15-2/h5-6,9,15H,4,7-8H2,1-3H3,(H,18,19)(H2,16,17,20). The molecule has 0 spiro atoms. The van der Waals surface area contributed by atoms with Gasteiger partial charge in [0.1, 0.15) is 5.75 Å². The Labute approximate surface area is 141 Å². The maximum atomic E-state index is 11.8. The van der Waals surface area contributed by atoms with E-state index >= 15 is 0 Å². The molecular weight excluding hydrogens is 336 g/mol. The number of hydrogen-bond acceptors (Lipinski definition) is 5. The summed E-state index contributed by atoms with van der Waals surface area (Å²) in [6.45, 7) is 1.68. The van der Waals surface area contributed by atoms with Gasteiger partial charge in [0.2, 0.25) is 15.9 Å². The minimum Gasteiger partial charge on any atom is -0.495 e. The quantitative estimate of drug-likeness (QED) is 0.545. The number of sulfonamides is 1. The highest BCUT2D eigenvalue weighted by atomic mass is 32.2. The van der Waals surface area contributed by atoms with Crippen LogP contribution < -0.4 is 25.4 Å². The molecule has 1 aromatic carbocycles. The van der Waals surface area contributed by atoms with Crippen molar-refractivity contribution in [3.05, 3.63) is 18.2 Å². The van der Waals surface area contributed by atoms with Crippen molar-refractivity contribution >= 4 is 33.3 Å². The first kappa shape index (κ1) is 19.7. The topological polar surface area (TPSA) is 126 Å². The molecule has 0 aliphatic carbocycles. The van der Waals surface area contributed by atoms with E-state index in [9.17, 15) is 18.0 Å². The number of benzene rings is 1. The fraction of sp³-hybridized carbons (Fsp3) is 0.429. The molecule has 0 saturated carbocycles. The van der Waals surface area contributed by atoms with Gasteiger partial charge in [-0.05, 0) is 25.2 Å². The smallest absolute Gasteiger partial charge is 0.319 e. The second kappa shape index (κ2) is 9.08. The average Bonchev–Trinajstić information content (AvgIpc) is 2.54. The van der Waals surface area contributed by atoms with Gasteiger partial charge in [-0.15, -0.1) is 0 Å². The third kappa shape index (κ3) is 6.42. The molecule has 4 N–H and O–H groups in total. The van der Waals surface area contributed by atoms with Crippen molar-refractivity contribution in [3.63, 3.8) is 0 Å². The summed E-state index contributed by atoms with van der Waals surface area (Å²) in [6.07, 6.45) is 0.307. The van der Waals surface area contributed by atoms with Crippen LogP contribution in [0.1, 0.15) is 13.3 Å². The number of methoxy groups -OCH3 is 1. The van der Waals surface area contributed by atoms with Gasteiger partial charge in [-0.3, -0.25) is 4.79 Å². The molecule has 10 heteroatoms. The van der Waals surface area contributed by atoms with Crippen molar-refractivity contribution < 1.29 is 22.7 Å². The summed E-state index contributed by atoms with van der Waals surface area (Å²) in [5, 5.41) is 7.66. The van der Waals surface area contributed by atoms with Gasteiger partial charge in [0, 0.05) is 18.7 Å². The molecule has 0 aliphatic rings. The maximum absolute atomic E-state index is 11.8. The predicted molar refractivity (Wildman–Crippen MR) is 91.8 cm³/mol. The SMILES string of the molecule is CCC(=O)Nc1cc(NC(=O)NCCS(=O)(=O)NC)ccc1OC. The Morgan fingerprint density at radius 2 is 1.92 bits per heavy atom. The lowest BCUT2D eigenvalue weighted by molar-refractivity contribution is -0.115. The van der Waals surface area contributed by atoms with Gasteiger partial charge in [-0.25, -0.2) is 17.9 Å². The molecule has 1 aromatic rings. The molecule has 0 aromatic heterocycles. The van der Waals surface area contributed by atoms with Crippen LogP contribution in [0.5, 0.6) is 5.75 Å². The van der Waals surface area contributed by atoms with E-state index in [4.69, 9.17) is 4.74 Å². The van der Waals surface area contributed by atoms with Crippen molar-refractivity contribution in [2.24, 2.45) is 0 Å². The predicted octanol–water partition coefficient (Wildman–Crippen LogP) is 0.714. The number of nitrogens with one attached hydrogen (secondary N) is 4. The van der Waals surface area contributed by atoms with Crippen LogP contribution in [0.15, 0.2) is 18.2 Å². The lowest BCUT2D eigenvalue weighted by atomic mass is 10.2. The molecule has 1 rings (SSSR count). The van der Waals surface area contributed by atoms with Crippen LogP contribution in [0.25, 0.3) is 0 Å². The first-order valence-electron chi connectivity index (χ1n) is 7.25. The summed E-state index contributed by atoms with van der Waals surface area (Å²) < 4.78 is 29.8. The van der Waals surface area contributed by atoms with Crippen LogP contribution in [-0.4, -0.2) is 46.8 Å². The van der Waals surface area contributed by atoms with Gasteiger partial charge in [0.05, 0.1) is 18.6 Å². The van der Waals surface area contributed by atoms with Crippen LogP contribution in [0.2, 0.25) is 0 Å². The van der Waals surface area contributed by atoms with Crippen molar-refractivity contribution in [3.8, 4) is 5.75 Å². The molecule has 134 valence electrons. The molecule has 0 saturated heterocycles. The van der Waals surface area contributed by atoms with E-state index in [2.05, 4.69) is 20.7 Å². The van der Waals surface area contributed by atoms with Crippen molar-refractivity contribution in [1.29, 1.82) is 0 Å². The van der Waals surface area contributed by atoms with E-state index in [0.717, 1.165) is 0 Å². The van der Waals surface area contributed by atoms with E-state index in [1.54, 1.807) is 25.1 Å². The van der Waals surface area contributed by atoms with Crippen molar-refractivity contribution in [2.75, 3.05) is 37.1 Å². The first-order chi connectivity index (χ1) is 11.3. The summed E-state index contributed by atoms with van der Waals surface area (Å²) in [7, 11) is -0.601. The van der Waals surface area contributed by atoms with E-state index in [1.807, 2.05) is 0 Å². The second-order valence-electron chi connectivity index (χ2n) is 4.72. The zero-order chi connectivity index (χ0) is 18.2. The number of rotatable bonds is 8. The van der Waals surface area contributed by atoms with E-state index in [1.165, 1.54) is 14.2 Å². The normalized spacial score (nSPS) is 10.8. The lowest BCUT2D eigenvalue weighted by Gasteiger charge is -2.13. The first-order valence-corrected chi connectivity index (χ1v) is 8.90. The molecule has 0 radical (unpaired) electrons. The van der Waals surface area contributed by atoms with Crippen molar-refractivity contribution in [2.45, 2.75) is 13.3 Å². The number of amides is 3. The molecule has 24 heavy (non-hydrogen) atoms. The zero-order valence-electron chi connectivity index (χ0n) is 13.8. The minimum atomic E-state index is -3.38. The number of urea groups is 1. The van der Waals surface area contributed by atoms with E-state index in [-0.39, 0.29) is 18.2 Å². The number of hydrogen-bond donors (Lipinski definition) is 4. The third-order valence-corrected chi connectivity index (χ3v) is 4.38. The number of anilines is 2. The Morgan fingerprint density at radius 3 is 2.50 bits per heavy atom. The van der Waals surface area contributed by atoms with E-state index < -0.39 is 16.1 Å². The highest BCUT2D eigenvalue weighted by Gasteiger charge is 2.10. The van der Waals surface area contributed by atoms with Gasteiger partial charge in [-0.2, -0.15) is 0 Å². The fourth-order valence-electron chi connectivity index (χ4n) is 1.70. The molecule has 0 unspecified atom stereocenters. The Bertz CT molecular complexity index is 690. The number of ether oxygens (including phenoxy) is 1. The summed E-state index contributed by atoms with van der Waals surface area (Å²) in [5.41, 5.74) is 0.857. The zero-order valence-corrected chi connectivity index (χ0v) is 14.6. The van der Waals surface area contributed by atoms with Crippen LogP contribution in [0.4, 0.5) is 16.2 Å². The molecular formula is C14H22N4O5S. The number of carbonyl (C=O) groups is 2. The Kier molecular flexibility index (Phi) is 7.46. The average molecular weight is 358 g/mol. The number of carbonyl (C=O) groups excluding carboxylic acids is 2. The Hall–Kier alpha value is -2.33. The van der Waals surface area contributed by atoms with Gasteiger partial charge in [0.15, 0.2) is 0 Å². The lowest BCUT2D eigenvalue weighted by Crippen LogP contribution is -2.35. The van der Waals surface area contributed by atoms with Gasteiger partial charge >= 0.3 is 6.03 Å². The highest BCUT2D eigenvalue weighted by molar-refractivity contribution is 7.89. The van der Waals surface area contributed by atoms with Crippen LogP contribution in [0.3, 0.4) is 0 Å². The molecule has 0 bridgehead atoms. The van der Waals surface area contributed by atoms with Crippen molar-refractivity contribution in [1.82, 2.24) is 10.0 Å². The summed E-state index contributed by atoms with van der Waals surface area (Å²) in [6, 6.07) is 4.20. The van der Waals surface area contributed by atoms with Crippen LogP contribution in [0, 0.1) is 0 Å². The van der Waals surface area contributed by atoms with Crippen LogP contribution >= 0.6 is 0 Å². The summed E-state index contributed by atoms with van der Waals surface area (Å²) >= 11 is 0. The molecule has 0 atom stereocenters. The largest absolute Gasteiger partial charge is 0.495 e. The molecule has 0 heterocycles. The van der Waals surface area contributed by atoms with Crippen LogP contribution in [-0.2, 0) is 14.8 Å². The Morgan fingerprint density at radius 1 is 1.21 bits per heavy atom. The highest BCUT2D eigenvalue weighted by Crippen LogP contribution is 2.27. The third-order valence-electron chi connectivity index (χ3n) is 3.02. The van der Waals surface area contributed by atoms with Gasteiger partial charge in [0.25, 0.3) is 0 Å². The molecule has 3 amide bonds. The van der Waals surface area contributed by atoms with Gasteiger partial charge in [-0.1, -0.05) is 6.92 Å². The monoisotopic (exact) mass is 358 g/mol. The molecule has 0 aliphatic heterocycles. The molecule has 9 nitrogen and oxygen atoms in total. The minimum absolute atomic E-state index is 0.0371.